The van der Waals surface area contributed by atoms with Gasteiger partial charge in [0.25, 0.3) is 0 Å². The van der Waals surface area contributed by atoms with Gasteiger partial charge in [-0.15, -0.1) is 0 Å². The van der Waals surface area contributed by atoms with Gasteiger partial charge in [-0.3, -0.25) is 9.59 Å². The van der Waals surface area contributed by atoms with Crippen molar-refractivity contribution in [3.63, 3.8) is 0 Å². The van der Waals surface area contributed by atoms with Crippen LogP contribution in [-0.2, 0) is 9.59 Å². The van der Waals surface area contributed by atoms with E-state index in [9.17, 15) is 9.59 Å². The van der Waals surface area contributed by atoms with Crippen LogP contribution >= 0.6 is 0 Å². The standard InChI is InChI=1S/C19H29N3O3/c1-2-20-11-12-21-19(24)16-8-13-22(14-9-16)18(23)10-15-25-17-6-4-3-5-7-17/h3-7,16,20H,2,8-15H2,1H3,(H,21,24). The summed E-state index contributed by atoms with van der Waals surface area (Å²) in [5, 5.41) is 6.14. The molecule has 2 amide bonds. The van der Waals surface area contributed by atoms with Crippen molar-refractivity contribution in [3.8, 4) is 5.75 Å². The predicted molar refractivity (Wildman–Crippen MR) is 97.4 cm³/mol. The maximum absolute atomic E-state index is 12.2. The van der Waals surface area contributed by atoms with Crippen molar-refractivity contribution < 1.29 is 14.3 Å². The lowest BCUT2D eigenvalue weighted by Gasteiger charge is -2.31. The third-order valence-electron chi connectivity index (χ3n) is 4.40. The third kappa shape index (κ3) is 6.74. The molecule has 0 aromatic heterocycles. The maximum atomic E-state index is 12.2. The Labute approximate surface area is 149 Å². The van der Waals surface area contributed by atoms with Crippen molar-refractivity contribution in [2.75, 3.05) is 39.3 Å². The van der Waals surface area contributed by atoms with Gasteiger partial charge in [0.1, 0.15) is 5.75 Å². The van der Waals surface area contributed by atoms with E-state index in [4.69, 9.17) is 4.74 Å². The normalized spacial score (nSPS) is 15.0. The molecule has 0 radical (unpaired) electrons. The number of likely N-dealkylation sites (N-methyl/N-ethyl adjacent to an activating group) is 1. The molecule has 1 fully saturated rings. The fourth-order valence-electron chi connectivity index (χ4n) is 2.92. The summed E-state index contributed by atoms with van der Waals surface area (Å²) < 4.78 is 5.57. The highest BCUT2D eigenvalue weighted by Gasteiger charge is 2.26. The number of benzene rings is 1. The van der Waals surface area contributed by atoms with Crippen LogP contribution in [0.3, 0.4) is 0 Å². The molecule has 0 aliphatic carbocycles. The number of ether oxygens (including phenoxy) is 1. The summed E-state index contributed by atoms with van der Waals surface area (Å²) in [6.07, 6.45) is 1.84. The van der Waals surface area contributed by atoms with Crippen molar-refractivity contribution in [2.45, 2.75) is 26.2 Å². The molecule has 2 N–H and O–H groups in total. The summed E-state index contributed by atoms with van der Waals surface area (Å²) in [6.45, 7) is 6.08. The molecule has 2 rings (SSSR count). The van der Waals surface area contributed by atoms with Gasteiger partial charge < -0.3 is 20.3 Å². The molecule has 1 aliphatic rings. The molecule has 0 saturated carbocycles. The maximum Gasteiger partial charge on any atom is 0.225 e. The Balaban J connectivity index is 1.62. The molecule has 0 spiro atoms. The van der Waals surface area contributed by atoms with Crippen LogP contribution in [0.25, 0.3) is 0 Å². The van der Waals surface area contributed by atoms with Gasteiger partial charge in [0, 0.05) is 32.1 Å². The summed E-state index contributed by atoms with van der Waals surface area (Å²) in [5.74, 6) is 1.01. The molecule has 0 bridgehead atoms. The van der Waals surface area contributed by atoms with Gasteiger partial charge in [-0.1, -0.05) is 25.1 Å². The summed E-state index contributed by atoms with van der Waals surface area (Å²) in [4.78, 5) is 26.2. The van der Waals surface area contributed by atoms with Crippen molar-refractivity contribution in [2.24, 2.45) is 5.92 Å². The lowest BCUT2D eigenvalue weighted by molar-refractivity contribution is -0.136. The van der Waals surface area contributed by atoms with E-state index < -0.39 is 0 Å². The van der Waals surface area contributed by atoms with Gasteiger partial charge in [-0.25, -0.2) is 0 Å². The van der Waals surface area contributed by atoms with Gasteiger partial charge in [0.05, 0.1) is 13.0 Å². The number of carbonyl (C=O) groups excluding carboxylic acids is 2. The molecule has 25 heavy (non-hydrogen) atoms. The van der Waals surface area contributed by atoms with Crippen LogP contribution in [0.4, 0.5) is 0 Å². The second-order valence-electron chi connectivity index (χ2n) is 6.21. The van der Waals surface area contributed by atoms with Crippen molar-refractivity contribution >= 4 is 11.8 Å². The molecule has 1 heterocycles. The van der Waals surface area contributed by atoms with Crippen molar-refractivity contribution in [3.05, 3.63) is 30.3 Å². The lowest BCUT2D eigenvalue weighted by atomic mass is 9.95. The van der Waals surface area contributed by atoms with Gasteiger partial charge in [-0.2, -0.15) is 0 Å². The van der Waals surface area contributed by atoms with Crippen LogP contribution in [0.15, 0.2) is 30.3 Å². The quantitative estimate of drug-likeness (QED) is 0.663. The SMILES string of the molecule is CCNCCNC(=O)C1CCN(C(=O)CCOc2ccccc2)CC1. The van der Waals surface area contributed by atoms with Gasteiger partial charge in [0.15, 0.2) is 0 Å². The summed E-state index contributed by atoms with van der Waals surface area (Å²) in [7, 11) is 0. The summed E-state index contributed by atoms with van der Waals surface area (Å²) >= 11 is 0. The first-order chi connectivity index (χ1) is 12.2. The Morgan fingerprint density at radius 1 is 1.16 bits per heavy atom. The third-order valence-corrected chi connectivity index (χ3v) is 4.40. The molecule has 1 saturated heterocycles. The molecule has 1 aliphatic heterocycles. The number of rotatable bonds is 9. The number of hydrogen-bond donors (Lipinski definition) is 2. The molecule has 1 aromatic rings. The molecule has 0 unspecified atom stereocenters. The number of likely N-dealkylation sites (tertiary alicyclic amines) is 1. The molecule has 138 valence electrons. The smallest absolute Gasteiger partial charge is 0.225 e. The van der Waals surface area contributed by atoms with E-state index in [0.29, 0.717) is 32.7 Å². The zero-order chi connectivity index (χ0) is 17.9. The van der Waals surface area contributed by atoms with Crippen molar-refractivity contribution in [1.82, 2.24) is 15.5 Å². The van der Waals surface area contributed by atoms with Crippen LogP contribution < -0.4 is 15.4 Å². The Morgan fingerprint density at radius 2 is 1.88 bits per heavy atom. The lowest BCUT2D eigenvalue weighted by Crippen LogP contribution is -2.44. The number of amides is 2. The number of carbonyl (C=O) groups is 2. The number of piperidine rings is 1. The predicted octanol–water partition coefficient (Wildman–Crippen LogP) is 1.42. The zero-order valence-electron chi connectivity index (χ0n) is 15.0. The fourth-order valence-corrected chi connectivity index (χ4v) is 2.92. The zero-order valence-corrected chi connectivity index (χ0v) is 15.0. The first-order valence-electron chi connectivity index (χ1n) is 9.14. The van der Waals surface area contributed by atoms with Gasteiger partial charge >= 0.3 is 0 Å². The number of nitrogens with zero attached hydrogens (tertiary/aromatic N) is 1. The van der Waals surface area contributed by atoms with E-state index >= 15 is 0 Å². The summed E-state index contributed by atoms with van der Waals surface area (Å²) in [5.41, 5.74) is 0. The molecule has 6 nitrogen and oxygen atoms in total. The van der Waals surface area contributed by atoms with Crippen LogP contribution in [0.5, 0.6) is 5.75 Å². The van der Waals surface area contributed by atoms with E-state index in [0.717, 1.165) is 31.7 Å². The van der Waals surface area contributed by atoms with Crippen LogP contribution in [0, 0.1) is 5.92 Å². The van der Waals surface area contributed by atoms with Crippen LogP contribution in [0.1, 0.15) is 26.2 Å². The van der Waals surface area contributed by atoms with E-state index in [2.05, 4.69) is 10.6 Å². The molecule has 1 aromatic carbocycles. The first-order valence-corrected chi connectivity index (χ1v) is 9.14. The topological polar surface area (TPSA) is 70.7 Å². The van der Waals surface area contributed by atoms with Gasteiger partial charge in [0.2, 0.25) is 11.8 Å². The first kappa shape index (κ1) is 19.2. The highest BCUT2D eigenvalue weighted by Crippen LogP contribution is 2.18. The minimum absolute atomic E-state index is 0.0197. The average Bonchev–Trinajstić information content (AvgIpc) is 2.66. The van der Waals surface area contributed by atoms with Crippen LogP contribution in [0.2, 0.25) is 0 Å². The molecular formula is C19H29N3O3. The van der Waals surface area contributed by atoms with Crippen molar-refractivity contribution in [1.29, 1.82) is 0 Å². The Morgan fingerprint density at radius 3 is 2.56 bits per heavy atom. The minimum Gasteiger partial charge on any atom is -0.493 e. The minimum atomic E-state index is 0.0197. The second-order valence-corrected chi connectivity index (χ2v) is 6.21. The molecular weight excluding hydrogens is 318 g/mol. The highest BCUT2D eigenvalue weighted by molar-refractivity contribution is 5.80. The Kier molecular flexibility index (Phi) is 8.25. The fraction of sp³-hybridized carbons (Fsp3) is 0.579. The van der Waals surface area contributed by atoms with E-state index in [1.165, 1.54) is 0 Å². The summed E-state index contributed by atoms with van der Waals surface area (Å²) in [6, 6.07) is 9.50. The van der Waals surface area contributed by atoms with E-state index in [1.807, 2.05) is 42.2 Å². The number of para-hydroxylation sites is 1. The van der Waals surface area contributed by atoms with Gasteiger partial charge in [-0.05, 0) is 31.5 Å². The number of nitrogens with one attached hydrogen (secondary N) is 2. The second kappa shape index (κ2) is 10.7. The average molecular weight is 347 g/mol. The Bertz CT molecular complexity index is 528. The Hall–Kier alpha value is -2.08. The molecule has 0 atom stereocenters. The van der Waals surface area contributed by atoms with E-state index in [-0.39, 0.29) is 17.7 Å². The monoisotopic (exact) mass is 347 g/mol. The largest absolute Gasteiger partial charge is 0.493 e. The van der Waals surface area contributed by atoms with Crippen LogP contribution in [-0.4, -0.2) is 56.0 Å². The number of hydrogen-bond acceptors (Lipinski definition) is 4. The van der Waals surface area contributed by atoms with E-state index in [1.54, 1.807) is 0 Å². The highest BCUT2D eigenvalue weighted by atomic mass is 16.5. The molecule has 6 heteroatoms.